The Hall–Kier alpha value is -2.53. The van der Waals surface area contributed by atoms with Gasteiger partial charge in [-0.05, 0) is 37.6 Å². The summed E-state index contributed by atoms with van der Waals surface area (Å²) in [6, 6.07) is 12.6. The minimum Gasteiger partial charge on any atom is -0.491 e. The van der Waals surface area contributed by atoms with E-state index in [2.05, 4.69) is 5.10 Å². The lowest BCUT2D eigenvalue weighted by atomic mass is 10.2. The Morgan fingerprint density at radius 3 is 2.74 bits per heavy atom. The molecule has 0 aliphatic carbocycles. The van der Waals surface area contributed by atoms with Gasteiger partial charge in [0.05, 0.1) is 17.2 Å². The van der Waals surface area contributed by atoms with Crippen LogP contribution in [0, 0.1) is 6.92 Å². The predicted molar refractivity (Wildman–Crippen MR) is 88.5 cm³/mol. The number of nitrogens with zero attached hydrogens (tertiary/aromatic N) is 2. The van der Waals surface area contributed by atoms with E-state index < -0.39 is 5.76 Å². The van der Waals surface area contributed by atoms with Crippen LogP contribution in [-0.4, -0.2) is 16.4 Å². The highest BCUT2D eigenvalue weighted by atomic mass is 35.5. The van der Waals surface area contributed by atoms with Crippen molar-refractivity contribution in [2.75, 3.05) is 6.61 Å². The molecule has 5 nitrogen and oxygen atoms in total. The fraction of sp³-hybridized carbons (Fsp3) is 0.176. The third-order valence-electron chi connectivity index (χ3n) is 3.36. The molecule has 0 radical (unpaired) electrons. The summed E-state index contributed by atoms with van der Waals surface area (Å²) in [6.07, 6.45) is 0. The molecule has 3 aromatic rings. The summed E-state index contributed by atoms with van der Waals surface area (Å²) < 4.78 is 12.1. The number of ether oxygens (including phenoxy) is 1. The predicted octanol–water partition coefficient (Wildman–Crippen LogP) is 3.85. The van der Waals surface area contributed by atoms with E-state index in [0.29, 0.717) is 28.6 Å². The first kappa shape index (κ1) is 15.4. The van der Waals surface area contributed by atoms with Crippen LogP contribution in [0.15, 0.2) is 51.7 Å². The van der Waals surface area contributed by atoms with Crippen LogP contribution in [0.4, 0.5) is 0 Å². The van der Waals surface area contributed by atoms with Crippen LogP contribution >= 0.6 is 11.6 Å². The van der Waals surface area contributed by atoms with Crippen molar-refractivity contribution >= 4 is 11.6 Å². The molecule has 0 unspecified atom stereocenters. The zero-order chi connectivity index (χ0) is 16.4. The van der Waals surface area contributed by atoms with Crippen molar-refractivity contribution in [3.63, 3.8) is 0 Å². The van der Waals surface area contributed by atoms with Crippen LogP contribution in [0.3, 0.4) is 0 Å². The van der Waals surface area contributed by atoms with Gasteiger partial charge in [0.15, 0.2) is 0 Å². The Bertz CT molecular complexity index is 899. The Morgan fingerprint density at radius 2 is 2.00 bits per heavy atom. The molecule has 3 rings (SSSR count). The Balaban J connectivity index is 2.15. The summed E-state index contributed by atoms with van der Waals surface area (Å²) in [5, 5.41) is 4.74. The molecule has 0 atom stereocenters. The van der Waals surface area contributed by atoms with E-state index in [0.717, 1.165) is 5.56 Å². The summed E-state index contributed by atoms with van der Waals surface area (Å²) in [6.45, 7) is 4.29. The summed E-state index contributed by atoms with van der Waals surface area (Å²) in [7, 11) is 0. The molecule has 0 bridgehead atoms. The first-order valence-electron chi connectivity index (χ1n) is 7.19. The Kier molecular flexibility index (Phi) is 4.21. The number of para-hydroxylation sites is 1. The van der Waals surface area contributed by atoms with Crippen molar-refractivity contribution in [3.05, 3.63) is 63.6 Å². The number of benzene rings is 2. The quantitative estimate of drug-likeness (QED) is 0.729. The van der Waals surface area contributed by atoms with Gasteiger partial charge in [-0.25, -0.2) is 4.79 Å². The van der Waals surface area contributed by atoms with E-state index in [-0.39, 0.29) is 5.89 Å². The van der Waals surface area contributed by atoms with Crippen molar-refractivity contribution in [2.45, 2.75) is 13.8 Å². The lowest BCUT2D eigenvalue weighted by Crippen LogP contribution is -2.15. The molecule has 1 aromatic heterocycles. The van der Waals surface area contributed by atoms with Gasteiger partial charge in [0, 0.05) is 0 Å². The highest BCUT2D eigenvalue weighted by Crippen LogP contribution is 2.28. The smallest absolute Gasteiger partial charge is 0.442 e. The number of hydrogen-bond acceptors (Lipinski definition) is 4. The molecular formula is C17H15ClN2O3. The van der Waals surface area contributed by atoms with E-state index in [1.54, 1.807) is 30.3 Å². The third-order valence-corrected chi connectivity index (χ3v) is 3.69. The van der Waals surface area contributed by atoms with Crippen LogP contribution in [0.5, 0.6) is 5.75 Å². The Morgan fingerprint density at radius 1 is 1.22 bits per heavy atom. The van der Waals surface area contributed by atoms with Crippen LogP contribution in [0.2, 0.25) is 5.02 Å². The maximum atomic E-state index is 12.2. The first-order valence-corrected chi connectivity index (χ1v) is 7.57. The number of aryl methyl sites for hydroxylation is 1. The summed E-state index contributed by atoms with van der Waals surface area (Å²) in [5.74, 6) is 0.187. The standard InChI is InChI=1S/C17H15ClN2O3/c1-3-22-15-11(2)7-6-10-14(15)20-17(21)23-16(19-20)12-8-4-5-9-13(12)18/h4-10H,3H2,1-2H3. The average molecular weight is 331 g/mol. The molecule has 6 heteroatoms. The van der Waals surface area contributed by atoms with E-state index in [1.165, 1.54) is 4.68 Å². The summed E-state index contributed by atoms with van der Waals surface area (Å²) in [4.78, 5) is 12.2. The Labute approximate surface area is 138 Å². The normalized spacial score (nSPS) is 10.7. The van der Waals surface area contributed by atoms with Gasteiger partial charge in [-0.1, -0.05) is 35.9 Å². The monoisotopic (exact) mass is 330 g/mol. The summed E-state index contributed by atoms with van der Waals surface area (Å²) in [5.41, 5.74) is 2.02. The fourth-order valence-corrected chi connectivity index (χ4v) is 2.53. The first-order chi connectivity index (χ1) is 11.1. The molecule has 23 heavy (non-hydrogen) atoms. The molecule has 0 spiro atoms. The van der Waals surface area contributed by atoms with Crippen molar-refractivity contribution in [3.8, 4) is 22.9 Å². The SMILES string of the molecule is CCOc1c(C)cccc1-n1nc(-c2ccccc2Cl)oc1=O. The summed E-state index contributed by atoms with van der Waals surface area (Å²) >= 11 is 6.14. The molecule has 1 heterocycles. The van der Waals surface area contributed by atoms with Gasteiger partial charge in [-0.3, -0.25) is 0 Å². The second kappa shape index (κ2) is 6.30. The molecular weight excluding hydrogens is 316 g/mol. The van der Waals surface area contributed by atoms with Gasteiger partial charge < -0.3 is 9.15 Å². The van der Waals surface area contributed by atoms with Gasteiger partial charge in [-0.15, -0.1) is 5.10 Å². The maximum absolute atomic E-state index is 12.2. The molecule has 0 saturated heterocycles. The minimum absolute atomic E-state index is 0.171. The average Bonchev–Trinajstić information content (AvgIpc) is 2.91. The van der Waals surface area contributed by atoms with Crippen molar-refractivity contribution in [2.24, 2.45) is 0 Å². The number of hydrogen-bond donors (Lipinski definition) is 0. The number of rotatable bonds is 4. The molecule has 0 aliphatic rings. The maximum Gasteiger partial charge on any atom is 0.442 e. The molecule has 2 aromatic carbocycles. The molecule has 0 amide bonds. The molecule has 0 fully saturated rings. The zero-order valence-corrected chi connectivity index (χ0v) is 13.5. The second-order valence-electron chi connectivity index (χ2n) is 4.92. The fourth-order valence-electron chi connectivity index (χ4n) is 2.31. The van der Waals surface area contributed by atoms with Crippen LogP contribution in [0.1, 0.15) is 12.5 Å². The lowest BCUT2D eigenvalue weighted by molar-refractivity contribution is 0.335. The minimum atomic E-state index is -0.591. The van der Waals surface area contributed by atoms with Crippen LogP contribution in [-0.2, 0) is 0 Å². The van der Waals surface area contributed by atoms with E-state index in [1.807, 2.05) is 26.0 Å². The van der Waals surface area contributed by atoms with Gasteiger partial charge in [0.2, 0.25) is 0 Å². The van der Waals surface area contributed by atoms with Crippen LogP contribution in [0.25, 0.3) is 17.1 Å². The molecule has 118 valence electrons. The van der Waals surface area contributed by atoms with E-state index >= 15 is 0 Å². The van der Waals surface area contributed by atoms with Gasteiger partial charge in [0.25, 0.3) is 5.89 Å². The van der Waals surface area contributed by atoms with Crippen molar-refractivity contribution in [1.29, 1.82) is 0 Å². The van der Waals surface area contributed by atoms with Gasteiger partial charge >= 0.3 is 5.76 Å². The third kappa shape index (κ3) is 2.87. The number of aromatic nitrogens is 2. The number of halogens is 1. The van der Waals surface area contributed by atoms with Crippen LogP contribution < -0.4 is 10.5 Å². The van der Waals surface area contributed by atoms with Crippen molar-refractivity contribution in [1.82, 2.24) is 9.78 Å². The topological polar surface area (TPSA) is 57.3 Å². The lowest BCUT2D eigenvalue weighted by Gasteiger charge is -2.11. The zero-order valence-electron chi connectivity index (χ0n) is 12.7. The molecule has 0 N–H and O–H groups in total. The molecule has 0 aliphatic heterocycles. The van der Waals surface area contributed by atoms with Gasteiger partial charge in [-0.2, -0.15) is 4.68 Å². The molecule has 0 saturated carbocycles. The highest BCUT2D eigenvalue weighted by molar-refractivity contribution is 6.33. The largest absolute Gasteiger partial charge is 0.491 e. The van der Waals surface area contributed by atoms with Gasteiger partial charge in [0.1, 0.15) is 11.4 Å². The highest BCUT2D eigenvalue weighted by Gasteiger charge is 2.17. The van der Waals surface area contributed by atoms with E-state index in [9.17, 15) is 4.79 Å². The van der Waals surface area contributed by atoms with E-state index in [4.69, 9.17) is 20.8 Å². The second-order valence-corrected chi connectivity index (χ2v) is 5.33. The van der Waals surface area contributed by atoms with Crippen molar-refractivity contribution < 1.29 is 9.15 Å².